The number of aliphatic hydroxyl groups excluding tert-OH is 3. The van der Waals surface area contributed by atoms with Crippen LogP contribution in [0, 0.1) is 40.4 Å². The molecule has 4 N–H and O–H groups in total. The summed E-state index contributed by atoms with van der Waals surface area (Å²) < 4.78 is 0. The summed E-state index contributed by atoms with van der Waals surface area (Å²) in [5, 5.41) is 41.0. The van der Waals surface area contributed by atoms with Crippen LogP contribution in [0.15, 0.2) is 11.6 Å². The van der Waals surface area contributed by atoms with Gasteiger partial charge in [0.1, 0.15) is 0 Å². The molecule has 4 aliphatic rings. The number of fused-ring (bicyclic) bond motifs is 5. The zero-order valence-electron chi connectivity index (χ0n) is 20.2. The molecule has 0 heterocycles. The van der Waals surface area contributed by atoms with Crippen LogP contribution in [-0.4, -0.2) is 44.8 Å². The van der Waals surface area contributed by atoms with Crippen LogP contribution >= 0.6 is 0 Å². The van der Waals surface area contributed by atoms with E-state index in [1.807, 2.05) is 0 Å². The molecule has 0 aliphatic heterocycles. The Hall–Kier alpha value is -0.420. The van der Waals surface area contributed by atoms with Crippen LogP contribution in [0.1, 0.15) is 91.9 Å². The Balaban J connectivity index is 1.49. The molecular formula is C27H46O4. The minimum Gasteiger partial charge on any atom is -0.393 e. The molecule has 4 aliphatic carbocycles. The van der Waals surface area contributed by atoms with Gasteiger partial charge in [-0.3, -0.25) is 0 Å². The van der Waals surface area contributed by atoms with Crippen molar-refractivity contribution in [2.24, 2.45) is 40.4 Å². The normalized spacial score (nSPS) is 47.5. The monoisotopic (exact) mass is 434 g/mol. The quantitative estimate of drug-likeness (QED) is 0.466. The van der Waals surface area contributed by atoms with Gasteiger partial charge in [-0.05, 0) is 98.7 Å². The van der Waals surface area contributed by atoms with Crippen molar-refractivity contribution in [3.63, 3.8) is 0 Å². The van der Waals surface area contributed by atoms with E-state index in [-0.39, 0.29) is 29.6 Å². The SMILES string of the molecule is C[C@H](CCCC(C)(O)CO)[C@H]1CCC2C3C(CC[C@@]21C)[C@@]1(C)CC[C@H](O)CC1=C[C@H]3O. The lowest BCUT2D eigenvalue weighted by Crippen LogP contribution is -2.54. The fraction of sp³-hybridized carbons (Fsp3) is 0.926. The first-order valence-electron chi connectivity index (χ1n) is 12.9. The van der Waals surface area contributed by atoms with Gasteiger partial charge in [0.05, 0.1) is 24.4 Å². The third kappa shape index (κ3) is 4.05. The molecular weight excluding hydrogens is 388 g/mol. The number of hydrogen-bond acceptors (Lipinski definition) is 4. The highest BCUT2D eigenvalue weighted by atomic mass is 16.3. The van der Waals surface area contributed by atoms with E-state index in [0.29, 0.717) is 36.0 Å². The second-order valence-corrected chi connectivity index (χ2v) is 12.5. The van der Waals surface area contributed by atoms with E-state index in [1.165, 1.54) is 31.3 Å². The maximum atomic E-state index is 11.3. The van der Waals surface area contributed by atoms with Crippen LogP contribution < -0.4 is 0 Å². The maximum absolute atomic E-state index is 11.3. The number of hydrogen-bond donors (Lipinski definition) is 4. The number of aliphatic hydroxyl groups is 4. The standard InChI is InChI=1S/C27H46O4/c1-17(6-5-11-25(2,31)16-28)20-7-8-21-24-22(10-13-27(20,21)4)26(3)12-9-19(29)14-18(26)15-23(24)30/h15,17,19-24,28-31H,5-14,16H2,1-4H3/t17-,19+,20-,21?,22?,23-,24?,25?,26+,27-/m1/s1. The summed E-state index contributed by atoms with van der Waals surface area (Å²) in [7, 11) is 0. The van der Waals surface area contributed by atoms with E-state index in [1.54, 1.807) is 6.92 Å². The molecule has 0 amide bonds. The predicted octanol–water partition coefficient (Wildman–Crippen LogP) is 4.45. The molecule has 4 rings (SSSR count). The van der Waals surface area contributed by atoms with Gasteiger partial charge in [-0.15, -0.1) is 0 Å². The van der Waals surface area contributed by atoms with Gasteiger partial charge in [-0.2, -0.15) is 0 Å². The van der Waals surface area contributed by atoms with Gasteiger partial charge in [-0.25, -0.2) is 0 Å². The summed E-state index contributed by atoms with van der Waals surface area (Å²) in [4.78, 5) is 0. The van der Waals surface area contributed by atoms with E-state index in [0.717, 1.165) is 32.1 Å². The maximum Gasteiger partial charge on any atom is 0.0849 e. The molecule has 0 aromatic heterocycles. The molecule has 10 atom stereocenters. The Morgan fingerprint density at radius 2 is 1.84 bits per heavy atom. The van der Waals surface area contributed by atoms with Gasteiger partial charge in [-0.1, -0.05) is 45.3 Å². The van der Waals surface area contributed by atoms with Crippen molar-refractivity contribution in [1.82, 2.24) is 0 Å². The largest absolute Gasteiger partial charge is 0.393 e. The Kier molecular flexibility index (Phi) is 6.44. The summed E-state index contributed by atoms with van der Waals surface area (Å²) in [6.45, 7) is 8.86. The average molecular weight is 435 g/mol. The van der Waals surface area contributed by atoms with Crippen LogP contribution in [0.2, 0.25) is 0 Å². The second kappa shape index (κ2) is 8.42. The van der Waals surface area contributed by atoms with Crippen molar-refractivity contribution < 1.29 is 20.4 Å². The van der Waals surface area contributed by atoms with Crippen molar-refractivity contribution in [2.75, 3.05) is 6.61 Å². The highest BCUT2D eigenvalue weighted by molar-refractivity contribution is 5.27. The first-order valence-corrected chi connectivity index (χ1v) is 12.9. The van der Waals surface area contributed by atoms with Gasteiger partial charge >= 0.3 is 0 Å². The van der Waals surface area contributed by atoms with Crippen molar-refractivity contribution in [2.45, 2.75) is 110 Å². The summed E-state index contributed by atoms with van der Waals surface area (Å²) in [5.74, 6) is 2.76. The molecule has 4 unspecified atom stereocenters. The molecule has 0 saturated heterocycles. The van der Waals surface area contributed by atoms with E-state index in [2.05, 4.69) is 26.8 Å². The molecule has 0 radical (unpaired) electrons. The lowest BCUT2D eigenvalue weighted by molar-refractivity contribution is -0.0972. The molecule has 0 aromatic rings. The number of rotatable bonds is 6. The molecule has 178 valence electrons. The minimum absolute atomic E-state index is 0.157. The van der Waals surface area contributed by atoms with Crippen molar-refractivity contribution >= 4 is 0 Å². The van der Waals surface area contributed by atoms with E-state index < -0.39 is 5.60 Å². The van der Waals surface area contributed by atoms with Crippen LogP contribution in [0.3, 0.4) is 0 Å². The van der Waals surface area contributed by atoms with Crippen LogP contribution in [0.5, 0.6) is 0 Å². The smallest absolute Gasteiger partial charge is 0.0849 e. The Bertz CT molecular complexity index is 687. The third-order valence-electron chi connectivity index (χ3n) is 10.6. The Morgan fingerprint density at radius 3 is 2.55 bits per heavy atom. The molecule has 4 nitrogen and oxygen atoms in total. The lowest BCUT2D eigenvalue weighted by Gasteiger charge is -2.59. The zero-order chi connectivity index (χ0) is 22.6. The average Bonchev–Trinajstić information content (AvgIpc) is 3.06. The zero-order valence-corrected chi connectivity index (χ0v) is 20.2. The highest BCUT2D eigenvalue weighted by Gasteiger charge is 2.61. The van der Waals surface area contributed by atoms with Crippen LogP contribution in [0.25, 0.3) is 0 Å². The van der Waals surface area contributed by atoms with Gasteiger partial charge < -0.3 is 20.4 Å². The Labute approximate surface area is 189 Å². The van der Waals surface area contributed by atoms with Crippen LogP contribution in [-0.2, 0) is 0 Å². The van der Waals surface area contributed by atoms with Crippen molar-refractivity contribution in [1.29, 1.82) is 0 Å². The van der Waals surface area contributed by atoms with Gasteiger partial charge in [0.15, 0.2) is 0 Å². The molecule has 3 fully saturated rings. The van der Waals surface area contributed by atoms with Crippen molar-refractivity contribution in [3.05, 3.63) is 11.6 Å². The predicted molar refractivity (Wildman–Crippen MR) is 123 cm³/mol. The molecule has 0 aromatic carbocycles. The molecule has 3 saturated carbocycles. The summed E-state index contributed by atoms with van der Waals surface area (Å²) in [6.07, 6.45) is 11.9. The van der Waals surface area contributed by atoms with Gasteiger partial charge in [0.25, 0.3) is 0 Å². The first-order chi connectivity index (χ1) is 14.5. The second-order valence-electron chi connectivity index (χ2n) is 12.5. The molecule has 31 heavy (non-hydrogen) atoms. The Morgan fingerprint density at radius 1 is 1.10 bits per heavy atom. The third-order valence-corrected chi connectivity index (χ3v) is 10.6. The van der Waals surface area contributed by atoms with E-state index in [4.69, 9.17) is 0 Å². The topological polar surface area (TPSA) is 80.9 Å². The van der Waals surface area contributed by atoms with Crippen molar-refractivity contribution in [3.8, 4) is 0 Å². The summed E-state index contributed by atoms with van der Waals surface area (Å²) in [5.41, 5.74) is 0.808. The van der Waals surface area contributed by atoms with E-state index >= 15 is 0 Å². The summed E-state index contributed by atoms with van der Waals surface area (Å²) >= 11 is 0. The fourth-order valence-electron chi connectivity index (χ4n) is 8.69. The minimum atomic E-state index is -0.959. The van der Waals surface area contributed by atoms with Crippen LogP contribution in [0.4, 0.5) is 0 Å². The van der Waals surface area contributed by atoms with E-state index in [9.17, 15) is 20.4 Å². The summed E-state index contributed by atoms with van der Waals surface area (Å²) in [6, 6.07) is 0. The highest BCUT2D eigenvalue weighted by Crippen LogP contribution is 2.67. The lowest BCUT2D eigenvalue weighted by atomic mass is 9.46. The van der Waals surface area contributed by atoms with Gasteiger partial charge in [0, 0.05) is 0 Å². The molecule has 0 spiro atoms. The molecule has 4 heteroatoms. The fourth-order valence-corrected chi connectivity index (χ4v) is 8.69. The van der Waals surface area contributed by atoms with Gasteiger partial charge in [0.2, 0.25) is 0 Å². The first kappa shape index (κ1) is 23.7. The molecule has 0 bridgehead atoms.